The summed E-state index contributed by atoms with van der Waals surface area (Å²) in [5, 5.41) is 9.10. The molecule has 3 amide bonds. The highest BCUT2D eigenvalue weighted by molar-refractivity contribution is 8.02. The molecule has 4 heterocycles. The van der Waals surface area contributed by atoms with Crippen molar-refractivity contribution in [1.29, 1.82) is 0 Å². The molecule has 4 rings (SSSR count). The van der Waals surface area contributed by atoms with Gasteiger partial charge in [-0.2, -0.15) is 0 Å². The number of aliphatic hydroxyl groups excluding tert-OH is 1. The van der Waals surface area contributed by atoms with Gasteiger partial charge in [0.25, 0.3) is 0 Å². The molecule has 0 aromatic heterocycles. The van der Waals surface area contributed by atoms with Crippen LogP contribution in [0.5, 0.6) is 0 Å². The van der Waals surface area contributed by atoms with E-state index in [9.17, 15) is 19.5 Å². The summed E-state index contributed by atoms with van der Waals surface area (Å²) in [5.74, 6) is -0.935. The highest BCUT2D eigenvalue weighted by Crippen LogP contribution is 2.61. The molecule has 2 fully saturated rings. The third kappa shape index (κ3) is 4.80. The van der Waals surface area contributed by atoms with Gasteiger partial charge in [0.2, 0.25) is 17.7 Å². The summed E-state index contributed by atoms with van der Waals surface area (Å²) in [6.07, 6.45) is 14.6. The molecule has 35 heavy (non-hydrogen) atoms. The minimum absolute atomic E-state index is 0.0231. The summed E-state index contributed by atoms with van der Waals surface area (Å²) in [4.78, 5) is 47.5. The Bertz CT molecular complexity index is 861. The number of fused-ring (bicyclic) bond motifs is 2. The van der Waals surface area contributed by atoms with E-state index >= 15 is 0 Å². The first-order valence-electron chi connectivity index (χ1n) is 13.5. The lowest BCUT2D eigenvalue weighted by Gasteiger charge is -2.35. The number of carbonyl (C=O) groups excluding carboxylic acids is 3. The van der Waals surface area contributed by atoms with Gasteiger partial charge in [-0.25, -0.2) is 0 Å². The van der Waals surface area contributed by atoms with Gasteiger partial charge in [-0.3, -0.25) is 14.4 Å². The van der Waals surface area contributed by atoms with E-state index in [1.807, 2.05) is 9.80 Å². The summed E-state index contributed by atoms with van der Waals surface area (Å²) in [6, 6.07) is -0.577. The maximum Gasteiger partial charge on any atom is 0.247 e. The first kappa shape index (κ1) is 26.3. The minimum Gasteiger partial charge on any atom is -0.396 e. The second kappa shape index (κ2) is 11.5. The molecule has 2 saturated heterocycles. The number of nitrogens with zero attached hydrogens (tertiary/aromatic N) is 3. The average Bonchev–Trinajstić information content (AvgIpc) is 3.16. The topological polar surface area (TPSA) is 81.2 Å². The fourth-order valence-electron chi connectivity index (χ4n) is 6.27. The molecule has 0 aliphatic carbocycles. The first-order valence-corrected chi connectivity index (χ1v) is 14.4. The van der Waals surface area contributed by atoms with Crippen molar-refractivity contribution in [2.75, 3.05) is 39.3 Å². The molecule has 1 spiro atoms. The summed E-state index contributed by atoms with van der Waals surface area (Å²) in [7, 11) is 0. The molecule has 194 valence electrons. The molecule has 7 nitrogen and oxygen atoms in total. The summed E-state index contributed by atoms with van der Waals surface area (Å²) in [5.41, 5.74) is 0. The van der Waals surface area contributed by atoms with E-state index in [2.05, 4.69) is 38.2 Å². The molecule has 0 bridgehead atoms. The zero-order valence-corrected chi connectivity index (χ0v) is 22.0. The van der Waals surface area contributed by atoms with Gasteiger partial charge in [-0.1, -0.05) is 51.0 Å². The Balaban J connectivity index is 1.69. The molecule has 4 aliphatic heterocycles. The molecule has 1 unspecified atom stereocenters. The van der Waals surface area contributed by atoms with Crippen molar-refractivity contribution in [1.82, 2.24) is 14.7 Å². The number of thioether (sulfide) groups is 1. The van der Waals surface area contributed by atoms with Crippen LogP contribution in [0.25, 0.3) is 0 Å². The van der Waals surface area contributed by atoms with Crippen LogP contribution in [-0.2, 0) is 14.4 Å². The Labute approximate surface area is 214 Å². The van der Waals surface area contributed by atoms with E-state index in [0.717, 1.165) is 38.5 Å². The predicted molar refractivity (Wildman–Crippen MR) is 139 cm³/mol. The van der Waals surface area contributed by atoms with Gasteiger partial charge in [0.05, 0.1) is 16.6 Å². The van der Waals surface area contributed by atoms with Gasteiger partial charge < -0.3 is 19.8 Å². The van der Waals surface area contributed by atoms with Crippen LogP contribution in [0.1, 0.15) is 58.8 Å². The first-order chi connectivity index (χ1) is 17.0. The fraction of sp³-hybridized carbons (Fsp3) is 0.741. The molecule has 0 saturated carbocycles. The van der Waals surface area contributed by atoms with Crippen molar-refractivity contribution < 1.29 is 19.5 Å². The van der Waals surface area contributed by atoms with Crippen molar-refractivity contribution in [3.05, 3.63) is 24.3 Å². The summed E-state index contributed by atoms with van der Waals surface area (Å²) < 4.78 is -0.713. The third-order valence-corrected chi connectivity index (χ3v) is 9.65. The van der Waals surface area contributed by atoms with Crippen molar-refractivity contribution in [3.8, 4) is 0 Å². The quantitative estimate of drug-likeness (QED) is 0.346. The Kier molecular flexibility index (Phi) is 8.63. The normalized spacial score (nSPS) is 32.1. The molecule has 0 aromatic carbocycles. The minimum atomic E-state index is -0.713. The molecule has 4 aliphatic rings. The van der Waals surface area contributed by atoms with E-state index in [-0.39, 0.29) is 29.6 Å². The molecule has 8 heteroatoms. The van der Waals surface area contributed by atoms with Crippen LogP contribution in [0.15, 0.2) is 24.3 Å². The second-order valence-corrected chi connectivity index (χ2v) is 11.8. The Morgan fingerprint density at radius 2 is 1.63 bits per heavy atom. The average molecular weight is 504 g/mol. The van der Waals surface area contributed by atoms with E-state index in [0.29, 0.717) is 39.1 Å². The number of carbonyl (C=O) groups is 3. The van der Waals surface area contributed by atoms with Crippen LogP contribution >= 0.6 is 11.8 Å². The highest BCUT2D eigenvalue weighted by Gasteiger charge is 2.70. The van der Waals surface area contributed by atoms with Crippen molar-refractivity contribution in [2.24, 2.45) is 11.8 Å². The number of amides is 3. The third-order valence-electron chi connectivity index (χ3n) is 7.91. The van der Waals surface area contributed by atoms with Gasteiger partial charge in [-0.15, -0.1) is 11.8 Å². The number of likely N-dealkylation sites (tertiary alicyclic amines) is 1. The van der Waals surface area contributed by atoms with E-state index in [1.165, 1.54) is 0 Å². The van der Waals surface area contributed by atoms with E-state index in [1.54, 1.807) is 16.7 Å². The number of hydrogen-bond donors (Lipinski definition) is 1. The Morgan fingerprint density at radius 1 is 0.886 bits per heavy atom. The summed E-state index contributed by atoms with van der Waals surface area (Å²) in [6.45, 7) is 7.36. The Hall–Kier alpha value is -1.80. The highest BCUT2D eigenvalue weighted by atomic mass is 32.2. The number of aliphatic hydroxyl groups is 1. The van der Waals surface area contributed by atoms with Crippen LogP contribution < -0.4 is 0 Å². The summed E-state index contributed by atoms with van der Waals surface area (Å²) >= 11 is 1.66. The zero-order valence-electron chi connectivity index (χ0n) is 21.2. The molecule has 0 aromatic rings. The SMILES string of the molecule is CCCCCN1CC=C[C@]23S[C@H]4C=CCN(CCC)C(=O)[C@H]4[C@H]2C(=O)N(CCCCCO)C3C1=O. The molecule has 0 radical (unpaired) electrons. The van der Waals surface area contributed by atoms with Crippen LogP contribution in [-0.4, -0.2) is 92.9 Å². The Morgan fingerprint density at radius 3 is 2.37 bits per heavy atom. The van der Waals surface area contributed by atoms with Crippen LogP contribution in [0, 0.1) is 11.8 Å². The molecular weight excluding hydrogens is 462 g/mol. The standard InChI is InChI=1S/C27H41N3O4S/c1-3-5-7-15-29-17-11-13-27-22(21-20(35-27)12-10-16-28(14-4-2)24(21)32)25(33)30(23(27)26(29)34)18-8-6-9-19-31/h10-13,20-23,31H,3-9,14-19H2,1-2H3/t20-,21+,22-,23?,27-/m0/s1. The monoisotopic (exact) mass is 503 g/mol. The number of hydrogen-bond acceptors (Lipinski definition) is 5. The van der Waals surface area contributed by atoms with Gasteiger partial charge in [0.15, 0.2) is 0 Å². The van der Waals surface area contributed by atoms with Crippen molar-refractivity contribution in [3.63, 3.8) is 0 Å². The molecule has 5 atom stereocenters. The van der Waals surface area contributed by atoms with Crippen LogP contribution in [0.3, 0.4) is 0 Å². The van der Waals surface area contributed by atoms with Crippen LogP contribution in [0.4, 0.5) is 0 Å². The maximum absolute atomic E-state index is 14.1. The van der Waals surface area contributed by atoms with Crippen molar-refractivity contribution in [2.45, 2.75) is 74.8 Å². The largest absolute Gasteiger partial charge is 0.396 e. The second-order valence-electron chi connectivity index (χ2n) is 10.3. The maximum atomic E-state index is 14.1. The van der Waals surface area contributed by atoms with Gasteiger partial charge in [0.1, 0.15) is 6.04 Å². The lowest BCUT2D eigenvalue weighted by atomic mass is 9.78. The smallest absolute Gasteiger partial charge is 0.247 e. The van der Waals surface area contributed by atoms with Crippen molar-refractivity contribution >= 4 is 29.5 Å². The fourth-order valence-corrected chi connectivity index (χ4v) is 8.28. The van der Waals surface area contributed by atoms with E-state index < -0.39 is 22.6 Å². The van der Waals surface area contributed by atoms with Crippen LogP contribution in [0.2, 0.25) is 0 Å². The van der Waals surface area contributed by atoms with Gasteiger partial charge >= 0.3 is 0 Å². The van der Waals surface area contributed by atoms with E-state index in [4.69, 9.17) is 0 Å². The number of unbranched alkanes of at least 4 members (excludes halogenated alkanes) is 4. The number of rotatable bonds is 11. The molecule has 1 N–H and O–H groups in total. The predicted octanol–water partition coefficient (Wildman–Crippen LogP) is 2.84. The van der Waals surface area contributed by atoms with Gasteiger partial charge in [0, 0.05) is 44.6 Å². The molecular formula is C27H41N3O4S. The lowest BCUT2D eigenvalue weighted by Crippen LogP contribution is -2.53. The zero-order chi connectivity index (χ0) is 25.0. The lowest BCUT2D eigenvalue weighted by molar-refractivity contribution is -0.144. The van der Waals surface area contributed by atoms with Gasteiger partial charge in [-0.05, 0) is 32.1 Å².